The van der Waals surface area contributed by atoms with Crippen molar-refractivity contribution in [2.45, 2.75) is 6.61 Å². The first-order valence-corrected chi connectivity index (χ1v) is 6.82. The van der Waals surface area contributed by atoms with Crippen molar-refractivity contribution >= 4 is 12.0 Å². The number of benzene rings is 2. The van der Waals surface area contributed by atoms with Crippen molar-refractivity contribution in [3.63, 3.8) is 0 Å². The van der Waals surface area contributed by atoms with E-state index < -0.39 is 5.97 Å². The second kappa shape index (κ2) is 7.88. The number of ether oxygens (including phenoxy) is 3. The van der Waals surface area contributed by atoms with Gasteiger partial charge in [-0.2, -0.15) is 0 Å². The maximum Gasteiger partial charge on any atom is 0.338 e. The number of esters is 1. The van der Waals surface area contributed by atoms with Gasteiger partial charge in [0.25, 0.3) is 0 Å². The standard InChI is InChI=1S/C18H18O4/c1-20-9-8-15-10-16(18(19)21-2)12-17(11-15)22-13-14-6-4-3-5-7-14/h3-12H,13H2,1-2H3/b9-8-. The van der Waals surface area contributed by atoms with Crippen molar-refractivity contribution in [3.05, 3.63) is 71.5 Å². The van der Waals surface area contributed by atoms with E-state index in [1.165, 1.54) is 13.4 Å². The average molecular weight is 298 g/mol. The Morgan fingerprint density at radius 2 is 1.86 bits per heavy atom. The molecule has 0 fully saturated rings. The van der Waals surface area contributed by atoms with Crippen LogP contribution in [-0.2, 0) is 16.1 Å². The van der Waals surface area contributed by atoms with Gasteiger partial charge in [-0.3, -0.25) is 0 Å². The molecule has 0 atom stereocenters. The summed E-state index contributed by atoms with van der Waals surface area (Å²) >= 11 is 0. The van der Waals surface area contributed by atoms with Gasteiger partial charge < -0.3 is 14.2 Å². The van der Waals surface area contributed by atoms with E-state index in [9.17, 15) is 4.79 Å². The lowest BCUT2D eigenvalue weighted by Gasteiger charge is -2.09. The molecule has 0 aliphatic carbocycles. The normalized spacial score (nSPS) is 10.5. The van der Waals surface area contributed by atoms with Crippen LogP contribution in [0.3, 0.4) is 0 Å². The molecule has 22 heavy (non-hydrogen) atoms. The highest BCUT2D eigenvalue weighted by Gasteiger charge is 2.09. The molecule has 0 aliphatic rings. The predicted octanol–water partition coefficient (Wildman–Crippen LogP) is 3.67. The maximum atomic E-state index is 11.7. The molecule has 0 saturated carbocycles. The second-order valence-electron chi connectivity index (χ2n) is 4.60. The minimum Gasteiger partial charge on any atom is -0.504 e. The van der Waals surface area contributed by atoms with Gasteiger partial charge in [0, 0.05) is 0 Å². The van der Waals surface area contributed by atoms with Crippen LogP contribution in [0.2, 0.25) is 0 Å². The summed E-state index contributed by atoms with van der Waals surface area (Å²) in [5.41, 5.74) is 2.29. The van der Waals surface area contributed by atoms with Crippen molar-refractivity contribution in [3.8, 4) is 5.75 Å². The summed E-state index contributed by atoms with van der Waals surface area (Å²) in [6.07, 6.45) is 3.29. The summed E-state index contributed by atoms with van der Waals surface area (Å²) in [4.78, 5) is 11.7. The Labute approximate surface area is 129 Å². The molecule has 0 N–H and O–H groups in total. The zero-order valence-electron chi connectivity index (χ0n) is 12.6. The van der Waals surface area contributed by atoms with Crippen LogP contribution in [0.5, 0.6) is 5.75 Å². The van der Waals surface area contributed by atoms with Crippen LogP contribution in [0.25, 0.3) is 6.08 Å². The smallest absolute Gasteiger partial charge is 0.338 e. The van der Waals surface area contributed by atoms with E-state index in [2.05, 4.69) is 0 Å². The van der Waals surface area contributed by atoms with Crippen LogP contribution in [0.1, 0.15) is 21.5 Å². The highest BCUT2D eigenvalue weighted by Crippen LogP contribution is 2.20. The van der Waals surface area contributed by atoms with Crippen molar-refractivity contribution in [2.75, 3.05) is 14.2 Å². The van der Waals surface area contributed by atoms with E-state index in [0.29, 0.717) is 17.9 Å². The molecule has 0 spiro atoms. The van der Waals surface area contributed by atoms with Gasteiger partial charge in [-0.15, -0.1) is 0 Å². The SMILES string of the molecule is CO/C=C\c1cc(OCc2ccccc2)cc(C(=O)OC)c1. The van der Waals surface area contributed by atoms with Crippen LogP contribution in [0, 0.1) is 0 Å². The van der Waals surface area contributed by atoms with Crippen LogP contribution >= 0.6 is 0 Å². The third-order valence-electron chi connectivity index (χ3n) is 2.99. The van der Waals surface area contributed by atoms with Crippen molar-refractivity contribution in [1.82, 2.24) is 0 Å². The van der Waals surface area contributed by atoms with Crippen LogP contribution in [-0.4, -0.2) is 20.2 Å². The van der Waals surface area contributed by atoms with Gasteiger partial charge >= 0.3 is 5.97 Å². The number of rotatable bonds is 6. The molecule has 0 unspecified atom stereocenters. The first-order valence-electron chi connectivity index (χ1n) is 6.82. The molecule has 4 nitrogen and oxygen atoms in total. The van der Waals surface area contributed by atoms with E-state index in [4.69, 9.17) is 14.2 Å². The van der Waals surface area contributed by atoms with Crippen LogP contribution < -0.4 is 4.74 Å². The fourth-order valence-corrected chi connectivity index (χ4v) is 1.92. The molecule has 0 radical (unpaired) electrons. The van der Waals surface area contributed by atoms with Crippen LogP contribution in [0.15, 0.2) is 54.8 Å². The van der Waals surface area contributed by atoms with Crippen molar-refractivity contribution in [1.29, 1.82) is 0 Å². The van der Waals surface area contributed by atoms with Gasteiger partial charge in [0.2, 0.25) is 0 Å². The molecule has 2 aromatic rings. The monoisotopic (exact) mass is 298 g/mol. The average Bonchev–Trinajstić information content (AvgIpc) is 2.58. The fourth-order valence-electron chi connectivity index (χ4n) is 1.92. The summed E-state index contributed by atoms with van der Waals surface area (Å²) in [7, 11) is 2.91. The molecule has 0 heterocycles. The summed E-state index contributed by atoms with van der Waals surface area (Å²) in [5, 5.41) is 0. The Bertz CT molecular complexity index is 647. The minimum absolute atomic E-state index is 0.405. The molecule has 0 aliphatic heterocycles. The lowest BCUT2D eigenvalue weighted by molar-refractivity contribution is 0.0600. The Morgan fingerprint density at radius 1 is 1.09 bits per heavy atom. The molecule has 0 saturated heterocycles. The van der Waals surface area contributed by atoms with Gasteiger partial charge in [-0.1, -0.05) is 30.3 Å². The van der Waals surface area contributed by atoms with Crippen LogP contribution in [0.4, 0.5) is 0 Å². The number of carbonyl (C=O) groups excluding carboxylic acids is 1. The Hall–Kier alpha value is -2.75. The second-order valence-corrected chi connectivity index (χ2v) is 4.60. The molecule has 4 heteroatoms. The third kappa shape index (κ3) is 4.38. The molecule has 0 aromatic heterocycles. The van der Waals surface area contributed by atoms with Gasteiger partial charge in [-0.25, -0.2) is 4.79 Å². The van der Waals surface area contributed by atoms with E-state index in [1.807, 2.05) is 36.4 Å². The highest BCUT2D eigenvalue weighted by atomic mass is 16.5. The van der Waals surface area contributed by atoms with E-state index >= 15 is 0 Å². The zero-order chi connectivity index (χ0) is 15.8. The Kier molecular flexibility index (Phi) is 5.60. The zero-order valence-corrected chi connectivity index (χ0v) is 12.6. The van der Waals surface area contributed by atoms with Crippen molar-refractivity contribution in [2.24, 2.45) is 0 Å². The molecule has 0 bridgehead atoms. The highest BCUT2D eigenvalue weighted by molar-refractivity contribution is 5.90. The number of hydrogen-bond donors (Lipinski definition) is 0. The molecular formula is C18H18O4. The largest absolute Gasteiger partial charge is 0.504 e. The first kappa shape index (κ1) is 15.6. The molecule has 2 rings (SSSR count). The topological polar surface area (TPSA) is 44.8 Å². The minimum atomic E-state index is -0.405. The van der Waals surface area contributed by atoms with E-state index in [1.54, 1.807) is 25.3 Å². The van der Waals surface area contributed by atoms with Gasteiger partial charge in [0.1, 0.15) is 12.4 Å². The maximum absolute atomic E-state index is 11.7. The molecule has 2 aromatic carbocycles. The lowest BCUT2D eigenvalue weighted by atomic mass is 10.1. The van der Waals surface area contributed by atoms with E-state index in [0.717, 1.165) is 11.1 Å². The van der Waals surface area contributed by atoms with Gasteiger partial charge in [0.15, 0.2) is 0 Å². The number of methoxy groups -OCH3 is 2. The molecule has 0 amide bonds. The number of carbonyl (C=O) groups is 1. The van der Waals surface area contributed by atoms with Gasteiger partial charge in [-0.05, 0) is 35.4 Å². The fraction of sp³-hybridized carbons (Fsp3) is 0.167. The Morgan fingerprint density at radius 3 is 2.55 bits per heavy atom. The number of hydrogen-bond acceptors (Lipinski definition) is 4. The Balaban J connectivity index is 2.21. The predicted molar refractivity (Wildman–Crippen MR) is 84.6 cm³/mol. The summed E-state index contributed by atoms with van der Waals surface area (Å²) in [6.45, 7) is 0.429. The van der Waals surface area contributed by atoms with Crippen molar-refractivity contribution < 1.29 is 19.0 Å². The lowest BCUT2D eigenvalue weighted by Crippen LogP contribution is -2.03. The summed E-state index contributed by atoms with van der Waals surface area (Å²) < 4.78 is 15.4. The van der Waals surface area contributed by atoms with Gasteiger partial charge in [0.05, 0.1) is 26.0 Å². The molecular weight excluding hydrogens is 280 g/mol. The quantitative estimate of drug-likeness (QED) is 0.603. The summed E-state index contributed by atoms with van der Waals surface area (Å²) in [5.74, 6) is 0.194. The van der Waals surface area contributed by atoms with E-state index in [-0.39, 0.29) is 0 Å². The molecule has 114 valence electrons. The third-order valence-corrected chi connectivity index (χ3v) is 2.99. The first-order chi connectivity index (χ1) is 10.7. The summed E-state index contributed by atoms with van der Waals surface area (Å²) in [6, 6.07) is 15.0.